The molecule has 54 valence electrons. The van der Waals surface area contributed by atoms with Crippen molar-refractivity contribution in [2.45, 2.75) is 6.04 Å². The zero-order chi connectivity index (χ0) is 7.72. The van der Waals surface area contributed by atoms with E-state index in [2.05, 4.69) is 0 Å². The van der Waals surface area contributed by atoms with Crippen LogP contribution in [0, 0.1) is 11.3 Å². The maximum Gasteiger partial charge on any atom is 0.320 e. The Labute approximate surface area is 59.6 Å². The van der Waals surface area contributed by atoms with Crippen LogP contribution in [-0.2, 0) is 0 Å². The molecule has 1 saturated heterocycles. The molecule has 0 radical (unpaired) electrons. The van der Waals surface area contributed by atoms with E-state index in [0.29, 0.717) is 6.54 Å². The highest BCUT2D eigenvalue weighted by molar-refractivity contribution is 5.77. The molecule has 1 rings (SSSR count). The molecule has 0 saturated carbocycles. The fraction of sp³-hybridized carbons (Fsp3) is 0.667. The van der Waals surface area contributed by atoms with Crippen LogP contribution in [0.2, 0.25) is 0 Å². The van der Waals surface area contributed by atoms with Crippen molar-refractivity contribution in [3.05, 3.63) is 0 Å². The summed E-state index contributed by atoms with van der Waals surface area (Å²) >= 11 is 0. The van der Waals surface area contributed by atoms with E-state index in [1.807, 2.05) is 6.07 Å². The van der Waals surface area contributed by atoms with Crippen LogP contribution in [0.5, 0.6) is 0 Å². The molecule has 1 heterocycles. The first-order chi connectivity index (χ1) is 4.66. The molecule has 10 heavy (non-hydrogen) atoms. The molecule has 0 N–H and O–H groups in total. The number of nitrogens with zero attached hydrogens (tertiary/aromatic N) is 3. The van der Waals surface area contributed by atoms with E-state index >= 15 is 0 Å². The Hall–Kier alpha value is -1.24. The van der Waals surface area contributed by atoms with Gasteiger partial charge < -0.3 is 9.80 Å². The summed E-state index contributed by atoms with van der Waals surface area (Å²) in [4.78, 5) is 14.0. The summed E-state index contributed by atoms with van der Waals surface area (Å²) in [5.74, 6) is 0. The van der Waals surface area contributed by atoms with E-state index in [1.165, 1.54) is 9.80 Å². The van der Waals surface area contributed by atoms with Crippen molar-refractivity contribution in [2.75, 3.05) is 20.6 Å². The molecule has 4 nitrogen and oxygen atoms in total. The van der Waals surface area contributed by atoms with Crippen molar-refractivity contribution in [1.29, 1.82) is 5.26 Å². The third-order valence-electron chi connectivity index (χ3n) is 1.69. The monoisotopic (exact) mass is 139 g/mol. The quantitative estimate of drug-likeness (QED) is 0.469. The van der Waals surface area contributed by atoms with Gasteiger partial charge in [-0.05, 0) is 0 Å². The van der Waals surface area contributed by atoms with Gasteiger partial charge in [0.05, 0.1) is 12.6 Å². The van der Waals surface area contributed by atoms with Crippen LogP contribution < -0.4 is 0 Å². The van der Waals surface area contributed by atoms with E-state index in [1.54, 1.807) is 14.1 Å². The molecule has 1 atom stereocenters. The van der Waals surface area contributed by atoms with Gasteiger partial charge in [-0.1, -0.05) is 0 Å². The summed E-state index contributed by atoms with van der Waals surface area (Å²) in [6.07, 6.45) is 0. The zero-order valence-electron chi connectivity index (χ0n) is 6.03. The molecule has 0 aromatic heterocycles. The van der Waals surface area contributed by atoms with Crippen LogP contribution in [0.1, 0.15) is 0 Å². The molecule has 0 bridgehead atoms. The summed E-state index contributed by atoms with van der Waals surface area (Å²) in [6.45, 7) is 0.520. The molecule has 0 unspecified atom stereocenters. The lowest BCUT2D eigenvalue weighted by atomic mass is 10.3. The van der Waals surface area contributed by atoms with E-state index in [9.17, 15) is 4.79 Å². The number of nitriles is 1. The Morgan fingerprint density at radius 1 is 1.70 bits per heavy atom. The van der Waals surface area contributed by atoms with Crippen molar-refractivity contribution in [1.82, 2.24) is 9.80 Å². The second kappa shape index (κ2) is 2.18. The Bertz CT molecular complexity index is 196. The molecular formula is C6H9N3O. The summed E-state index contributed by atoms with van der Waals surface area (Å²) in [5.41, 5.74) is 0. The molecule has 0 aliphatic carbocycles. The van der Waals surface area contributed by atoms with Gasteiger partial charge in [-0.15, -0.1) is 0 Å². The fourth-order valence-corrected chi connectivity index (χ4v) is 0.990. The lowest BCUT2D eigenvalue weighted by Gasteiger charge is -2.09. The first-order valence-electron chi connectivity index (χ1n) is 3.04. The van der Waals surface area contributed by atoms with Gasteiger partial charge in [0, 0.05) is 14.1 Å². The maximum absolute atomic E-state index is 11.0. The van der Waals surface area contributed by atoms with Gasteiger partial charge in [0.25, 0.3) is 0 Å². The molecule has 4 heteroatoms. The molecule has 0 aromatic carbocycles. The number of urea groups is 1. The lowest BCUT2D eigenvalue weighted by Crippen LogP contribution is -2.29. The van der Waals surface area contributed by atoms with Crippen LogP contribution in [0.3, 0.4) is 0 Å². The largest absolute Gasteiger partial charge is 0.325 e. The van der Waals surface area contributed by atoms with Crippen molar-refractivity contribution >= 4 is 6.03 Å². The second-order valence-corrected chi connectivity index (χ2v) is 2.42. The summed E-state index contributed by atoms with van der Waals surface area (Å²) < 4.78 is 0. The predicted octanol–water partition coefficient (Wildman–Crippen LogP) is -0.124. The first kappa shape index (κ1) is 6.87. The van der Waals surface area contributed by atoms with Crippen LogP contribution in [0.4, 0.5) is 4.79 Å². The highest BCUT2D eigenvalue weighted by Crippen LogP contribution is 2.09. The number of amides is 2. The molecule has 0 spiro atoms. The van der Waals surface area contributed by atoms with E-state index in [4.69, 9.17) is 5.26 Å². The minimum atomic E-state index is -0.266. The number of rotatable bonds is 0. The molecular weight excluding hydrogens is 130 g/mol. The minimum absolute atomic E-state index is 0.0773. The zero-order valence-corrected chi connectivity index (χ0v) is 6.03. The second-order valence-electron chi connectivity index (χ2n) is 2.42. The fourth-order valence-electron chi connectivity index (χ4n) is 0.990. The maximum atomic E-state index is 11.0. The molecule has 2 amide bonds. The van der Waals surface area contributed by atoms with Crippen LogP contribution in [0.15, 0.2) is 0 Å². The summed E-state index contributed by atoms with van der Waals surface area (Å²) in [5, 5.41) is 8.50. The topological polar surface area (TPSA) is 47.3 Å². The number of hydrogen-bond acceptors (Lipinski definition) is 2. The van der Waals surface area contributed by atoms with Gasteiger partial charge in [-0.3, -0.25) is 0 Å². The third kappa shape index (κ3) is 0.798. The van der Waals surface area contributed by atoms with Gasteiger partial charge in [0.2, 0.25) is 0 Å². The number of likely N-dealkylation sites (N-methyl/N-ethyl adjacent to an activating group) is 2. The van der Waals surface area contributed by atoms with Gasteiger partial charge >= 0.3 is 6.03 Å². The summed E-state index contributed by atoms with van der Waals surface area (Å²) in [7, 11) is 3.33. The lowest BCUT2D eigenvalue weighted by molar-refractivity contribution is 0.204. The Morgan fingerprint density at radius 2 is 2.30 bits per heavy atom. The van der Waals surface area contributed by atoms with Gasteiger partial charge in [-0.2, -0.15) is 5.26 Å². The third-order valence-corrected chi connectivity index (χ3v) is 1.69. The van der Waals surface area contributed by atoms with Gasteiger partial charge in [0.15, 0.2) is 0 Å². The SMILES string of the molecule is CN1C[C@@H](C#N)N(C)C1=O. The Kier molecular flexibility index (Phi) is 1.50. The molecule has 1 fully saturated rings. The Balaban J connectivity index is 2.73. The van der Waals surface area contributed by atoms with E-state index < -0.39 is 0 Å². The molecule has 1 aliphatic heterocycles. The van der Waals surface area contributed by atoms with Crippen LogP contribution >= 0.6 is 0 Å². The number of hydrogen-bond donors (Lipinski definition) is 0. The van der Waals surface area contributed by atoms with Gasteiger partial charge in [0.1, 0.15) is 6.04 Å². The van der Waals surface area contributed by atoms with E-state index in [-0.39, 0.29) is 12.1 Å². The normalized spacial score (nSPS) is 25.3. The first-order valence-corrected chi connectivity index (χ1v) is 3.04. The van der Waals surface area contributed by atoms with Crippen LogP contribution in [-0.4, -0.2) is 42.5 Å². The highest BCUT2D eigenvalue weighted by Gasteiger charge is 2.31. The molecule has 0 aromatic rings. The van der Waals surface area contributed by atoms with Crippen molar-refractivity contribution in [3.8, 4) is 6.07 Å². The molecule has 1 aliphatic rings. The smallest absolute Gasteiger partial charge is 0.320 e. The Morgan fingerprint density at radius 3 is 2.50 bits per heavy atom. The van der Waals surface area contributed by atoms with Crippen molar-refractivity contribution in [2.24, 2.45) is 0 Å². The van der Waals surface area contributed by atoms with E-state index in [0.717, 1.165) is 0 Å². The van der Waals surface area contributed by atoms with Crippen LogP contribution in [0.25, 0.3) is 0 Å². The summed E-state index contributed by atoms with van der Waals surface area (Å²) in [6, 6.07) is 1.69. The highest BCUT2D eigenvalue weighted by atomic mass is 16.2. The minimum Gasteiger partial charge on any atom is -0.325 e. The van der Waals surface area contributed by atoms with Crippen molar-refractivity contribution in [3.63, 3.8) is 0 Å². The average molecular weight is 139 g/mol. The standard InChI is InChI=1S/C6H9N3O/c1-8-4-5(3-7)9(2)6(8)10/h5H,4H2,1-2H3/t5-/m1/s1. The number of carbonyl (C=O) groups is 1. The van der Waals surface area contributed by atoms with Gasteiger partial charge in [-0.25, -0.2) is 4.79 Å². The average Bonchev–Trinajstić information content (AvgIpc) is 2.17. The predicted molar refractivity (Wildman–Crippen MR) is 35.2 cm³/mol. The van der Waals surface area contributed by atoms with Crippen molar-refractivity contribution < 1.29 is 4.79 Å². The number of carbonyl (C=O) groups excluding carboxylic acids is 1.